The molecule has 0 amide bonds. The van der Waals surface area contributed by atoms with Gasteiger partial charge in [-0.1, -0.05) is 13.8 Å². The van der Waals surface area contributed by atoms with Gasteiger partial charge in [-0.05, 0) is 29.7 Å². The Morgan fingerprint density at radius 1 is 1.22 bits per heavy atom. The van der Waals surface area contributed by atoms with Gasteiger partial charge in [0.05, 0.1) is 28.6 Å². The van der Waals surface area contributed by atoms with E-state index in [-0.39, 0.29) is 22.3 Å². The van der Waals surface area contributed by atoms with Gasteiger partial charge in [-0.25, -0.2) is 23.4 Å². The first-order valence-corrected chi connectivity index (χ1v) is 11.8. The molecule has 3 aromatic rings. The van der Waals surface area contributed by atoms with Gasteiger partial charge in [0, 0.05) is 25.5 Å². The Hall–Kier alpha value is -2.73. The van der Waals surface area contributed by atoms with E-state index in [9.17, 15) is 26.7 Å². The van der Waals surface area contributed by atoms with Crippen molar-refractivity contribution < 1.29 is 26.7 Å². The number of aromatic nitrogens is 4. The average Bonchev–Trinajstić information content (AvgIpc) is 3.08. The van der Waals surface area contributed by atoms with Gasteiger partial charge in [-0.3, -0.25) is 0 Å². The number of hydrogen-bond acceptors (Lipinski definition) is 7. The van der Waals surface area contributed by atoms with Crippen LogP contribution in [0.15, 0.2) is 29.3 Å². The Bertz CT molecular complexity index is 1290. The normalized spacial score (nSPS) is 17.2. The molecule has 0 bridgehead atoms. The second-order valence-electron chi connectivity index (χ2n) is 8.12. The highest BCUT2D eigenvalue weighted by atomic mass is 32.2. The fourth-order valence-electron chi connectivity index (χ4n) is 4.16. The molecule has 2 aromatic heterocycles. The van der Waals surface area contributed by atoms with Crippen LogP contribution in [0.3, 0.4) is 0 Å². The van der Waals surface area contributed by atoms with Gasteiger partial charge in [-0.2, -0.15) is 13.2 Å². The zero-order valence-corrected chi connectivity index (χ0v) is 18.4. The first-order valence-electron chi connectivity index (χ1n) is 9.92. The standard InChI is InChI=1S/C20H22F3N5O3S/c1-11(2)17-18-25-13-8-12(10-29)15(32(3,30)31)9-14(13)27(18)6-7-28(17)19-24-5-4-16(26-19)20(21,22)23/h4-5,8-9,11,17,29H,6-7,10H2,1-3H3/t17-/m1/s1. The van der Waals surface area contributed by atoms with Crippen molar-refractivity contribution in [3.05, 3.63) is 41.5 Å². The second-order valence-corrected chi connectivity index (χ2v) is 10.1. The fraction of sp³-hybridized carbons (Fsp3) is 0.450. The molecule has 1 aliphatic rings. The number of sulfone groups is 1. The van der Waals surface area contributed by atoms with E-state index in [1.165, 1.54) is 6.07 Å². The number of nitrogens with zero attached hydrogens (tertiary/aromatic N) is 5. The molecule has 0 unspecified atom stereocenters. The molecule has 172 valence electrons. The number of halogens is 3. The Morgan fingerprint density at radius 3 is 2.53 bits per heavy atom. The van der Waals surface area contributed by atoms with E-state index in [4.69, 9.17) is 0 Å². The van der Waals surface area contributed by atoms with Crippen LogP contribution >= 0.6 is 0 Å². The van der Waals surface area contributed by atoms with Crippen LogP contribution in [0.1, 0.15) is 37.0 Å². The van der Waals surface area contributed by atoms with Gasteiger partial charge in [0.2, 0.25) is 5.95 Å². The lowest BCUT2D eigenvalue weighted by atomic mass is 10.00. The first kappa shape index (κ1) is 22.5. The van der Waals surface area contributed by atoms with Crippen molar-refractivity contribution in [2.24, 2.45) is 5.92 Å². The number of alkyl halides is 3. The predicted octanol–water partition coefficient (Wildman–Crippen LogP) is 2.96. The predicted molar refractivity (Wildman–Crippen MR) is 111 cm³/mol. The maximum atomic E-state index is 13.2. The quantitative estimate of drug-likeness (QED) is 0.627. The zero-order valence-electron chi connectivity index (χ0n) is 17.6. The summed E-state index contributed by atoms with van der Waals surface area (Å²) in [7, 11) is -3.58. The Balaban J connectivity index is 1.87. The third-order valence-electron chi connectivity index (χ3n) is 5.52. The number of rotatable bonds is 4. The number of anilines is 1. The van der Waals surface area contributed by atoms with Crippen molar-refractivity contribution >= 4 is 26.8 Å². The maximum absolute atomic E-state index is 13.2. The van der Waals surface area contributed by atoms with Crippen LogP contribution in [0.5, 0.6) is 0 Å². The molecule has 1 aliphatic heterocycles. The van der Waals surface area contributed by atoms with Crippen LogP contribution in [-0.4, -0.2) is 45.8 Å². The van der Waals surface area contributed by atoms with Gasteiger partial charge in [0.1, 0.15) is 11.5 Å². The van der Waals surface area contributed by atoms with E-state index in [0.29, 0.717) is 29.9 Å². The van der Waals surface area contributed by atoms with Gasteiger partial charge >= 0.3 is 6.18 Å². The van der Waals surface area contributed by atoms with Crippen LogP contribution in [0, 0.1) is 5.92 Å². The summed E-state index contributed by atoms with van der Waals surface area (Å²) in [5, 5.41) is 9.65. The molecular formula is C20H22F3N5O3S. The maximum Gasteiger partial charge on any atom is 0.433 e. The molecule has 0 radical (unpaired) electrons. The number of aliphatic hydroxyl groups excluding tert-OH is 1. The van der Waals surface area contributed by atoms with Crippen LogP contribution in [0.25, 0.3) is 11.0 Å². The first-order chi connectivity index (χ1) is 14.9. The summed E-state index contributed by atoms with van der Waals surface area (Å²) in [5.41, 5.74) is 0.325. The third-order valence-corrected chi connectivity index (χ3v) is 6.70. The number of benzene rings is 1. The van der Waals surface area contributed by atoms with Gasteiger partial charge < -0.3 is 14.6 Å². The van der Waals surface area contributed by atoms with Gasteiger partial charge in [0.25, 0.3) is 0 Å². The molecule has 0 aliphatic carbocycles. The summed E-state index contributed by atoms with van der Waals surface area (Å²) in [6.45, 7) is 4.05. The van der Waals surface area contributed by atoms with Crippen LogP contribution in [0.4, 0.5) is 19.1 Å². The zero-order chi connectivity index (χ0) is 23.4. The van der Waals surface area contributed by atoms with Crippen molar-refractivity contribution in [1.29, 1.82) is 0 Å². The van der Waals surface area contributed by atoms with Crippen LogP contribution in [-0.2, 0) is 29.2 Å². The van der Waals surface area contributed by atoms with E-state index in [2.05, 4.69) is 15.0 Å². The summed E-state index contributed by atoms with van der Waals surface area (Å²) in [5.74, 6) is 0.484. The van der Waals surface area contributed by atoms with Crippen LogP contribution < -0.4 is 4.90 Å². The molecule has 4 rings (SSSR count). The lowest BCUT2D eigenvalue weighted by Crippen LogP contribution is -2.42. The SMILES string of the molecule is CC(C)[C@@H]1c2nc3cc(CO)c(S(C)(=O)=O)cc3n2CCN1c1nccc(C(F)(F)F)n1. The highest BCUT2D eigenvalue weighted by molar-refractivity contribution is 7.90. The van der Waals surface area contributed by atoms with Gasteiger partial charge in [0.15, 0.2) is 9.84 Å². The molecule has 8 nitrogen and oxygen atoms in total. The third kappa shape index (κ3) is 3.81. The Morgan fingerprint density at radius 2 is 1.94 bits per heavy atom. The summed E-state index contributed by atoms with van der Waals surface area (Å²) in [4.78, 5) is 14.2. The largest absolute Gasteiger partial charge is 0.433 e. The number of fused-ring (bicyclic) bond motifs is 3. The minimum Gasteiger partial charge on any atom is -0.392 e. The monoisotopic (exact) mass is 469 g/mol. The molecule has 1 atom stereocenters. The van der Waals surface area contributed by atoms with E-state index in [1.54, 1.807) is 11.0 Å². The van der Waals surface area contributed by atoms with E-state index >= 15 is 0 Å². The molecule has 1 N–H and O–H groups in total. The van der Waals surface area contributed by atoms with Gasteiger partial charge in [-0.15, -0.1) is 0 Å². The molecular weight excluding hydrogens is 447 g/mol. The lowest BCUT2D eigenvalue weighted by molar-refractivity contribution is -0.141. The Kier molecular flexibility index (Phi) is 5.40. The van der Waals surface area contributed by atoms with E-state index in [0.717, 1.165) is 18.5 Å². The van der Waals surface area contributed by atoms with Crippen molar-refractivity contribution in [3.63, 3.8) is 0 Å². The van der Waals surface area contributed by atoms with E-state index in [1.807, 2.05) is 18.4 Å². The van der Waals surface area contributed by atoms with Crippen molar-refractivity contribution in [3.8, 4) is 0 Å². The minimum atomic E-state index is -4.59. The van der Waals surface area contributed by atoms with Crippen molar-refractivity contribution in [1.82, 2.24) is 19.5 Å². The second kappa shape index (κ2) is 7.69. The summed E-state index contributed by atoms with van der Waals surface area (Å²) in [6.07, 6.45) is -2.42. The topological polar surface area (TPSA) is 101 Å². The van der Waals surface area contributed by atoms with Crippen LogP contribution in [0.2, 0.25) is 0 Å². The number of aliphatic hydroxyl groups is 1. The molecule has 1 aromatic carbocycles. The highest BCUT2D eigenvalue weighted by Crippen LogP contribution is 2.38. The highest BCUT2D eigenvalue weighted by Gasteiger charge is 2.37. The number of imidazole rings is 1. The molecule has 0 spiro atoms. The summed E-state index contributed by atoms with van der Waals surface area (Å²) in [6, 6.07) is 3.44. The van der Waals surface area contributed by atoms with Crippen molar-refractivity contribution in [2.75, 3.05) is 17.7 Å². The minimum absolute atomic E-state index is 0.0277. The lowest BCUT2D eigenvalue weighted by Gasteiger charge is -2.38. The molecule has 3 heterocycles. The average molecular weight is 469 g/mol. The van der Waals surface area contributed by atoms with Crippen molar-refractivity contribution in [2.45, 2.75) is 44.1 Å². The summed E-state index contributed by atoms with van der Waals surface area (Å²) < 4.78 is 65.8. The molecule has 0 saturated heterocycles. The fourth-order valence-corrected chi connectivity index (χ4v) is 5.08. The summed E-state index contributed by atoms with van der Waals surface area (Å²) >= 11 is 0. The number of hydrogen-bond donors (Lipinski definition) is 1. The molecule has 0 saturated carbocycles. The smallest absolute Gasteiger partial charge is 0.392 e. The Labute approximate surface area is 182 Å². The molecule has 0 fully saturated rings. The molecule has 32 heavy (non-hydrogen) atoms. The van der Waals surface area contributed by atoms with E-state index < -0.39 is 34.4 Å². The molecule has 12 heteroatoms.